The number of unbranched alkanes of at least 4 members (excludes halogenated alkanes) is 4. The zero-order valence-electron chi connectivity index (χ0n) is 8.13. The maximum absolute atomic E-state index is 9.24. The van der Waals surface area contributed by atoms with Gasteiger partial charge in [-0.25, -0.2) is 0 Å². The Balaban J connectivity index is 0. The van der Waals surface area contributed by atoms with E-state index in [1.165, 1.54) is 25.7 Å². The molecular formula is C9H19ClO3. The summed E-state index contributed by atoms with van der Waals surface area (Å²) in [4.78, 5) is 9.24. The van der Waals surface area contributed by atoms with Crippen LogP contribution in [-0.4, -0.2) is 28.7 Å². The normalized spacial score (nSPS) is 8.85. The van der Waals surface area contributed by atoms with E-state index in [1.807, 2.05) is 0 Å². The monoisotopic (exact) mass is 210 g/mol. The van der Waals surface area contributed by atoms with Crippen LogP contribution in [0.15, 0.2) is 0 Å². The van der Waals surface area contributed by atoms with Crippen LogP contribution in [0, 0.1) is 0 Å². The lowest BCUT2D eigenvalue weighted by Crippen LogP contribution is -1.92. The van der Waals surface area contributed by atoms with Crippen molar-refractivity contribution in [2.24, 2.45) is 0 Å². The van der Waals surface area contributed by atoms with Crippen molar-refractivity contribution < 1.29 is 15.0 Å². The van der Waals surface area contributed by atoms with Gasteiger partial charge in [-0.1, -0.05) is 32.6 Å². The molecular weight excluding hydrogens is 192 g/mol. The molecule has 80 valence electrons. The minimum atomic E-state index is -0.980. The standard InChI is InChI=1S/C7H16O.C2H3ClO2/c1-2-3-4-5-6-7-8;3-1-2(4)5/h8H,2-7H2,1H3;1H2,(H,4,5). The maximum atomic E-state index is 9.24. The second-order valence-electron chi connectivity index (χ2n) is 2.67. The van der Waals surface area contributed by atoms with E-state index in [1.54, 1.807) is 0 Å². The van der Waals surface area contributed by atoms with Gasteiger partial charge in [0, 0.05) is 6.61 Å². The SMILES string of the molecule is CCCCCCCO.O=C(O)CCl. The maximum Gasteiger partial charge on any atom is 0.318 e. The van der Waals surface area contributed by atoms with E-state index < -0.39 is 5.97 Å². The van der Waals surface area contributed by atoms with Crippen molar-refractivity contribution in [1.82, 2.24) is 0 Å². The predicted molar refractivity (Wildman–Crippen MR) is 54.2 cm³/mol. The van der Waals surface area contributed by atoms with Crippen LogP contribution in [0.2, 0.25) is 0 Å². The number of hydrogen-bond donors (Lipinski definition) is 2. The fourth-order valence-corrected chi connectivity index (χ4v) is 0.715. The molecule has 13 heavy (non-hydrogen) atoms. The molecule has 0 aromatic carbocycles. The van der Waals surface area contributed by atoms with Crippen molar-refractivity contribution in [3.63, 3.8) is 0 Å². The number of halogens is 1. The number of alkyl halides is 1. The van der Waals surface area contributed by atoms with Gasteiger partial charge >= 0.3 is 5.97 Å². The highest BCUT2D eigenvalue weighted by molar-refractivity contribution is 6.26. The summed E-state index contributed by atoms with van der Waals surface area (Å²) in [7, 11) is 0. The van der Waals surface area contributed by atoms with E-state index in [9.17, 15) is 4.79 Å². The third-order valence-corrected chi connectivity index (χ3v) is 1.60. The molecule has 3 nitrogen and oxygen atoms in total. The molecule has 0 amide bonds. The minimum Gasteiger partial charge on any atom is -0.480 e. The first-order valence-corrected chi connectivity index (χ1v) is 5.11. The summed E-state index contributed by atoms with van der Waals surface area (Å²) in [6.07, 6.45) is 6.08. The molecule has 4 heteroatoms. The number of hydrogen-bond acceptors (Lipinski definition) is 2. The first kappa shape index (κ1) is 15.2. The highest BCUT2D eigenvalue weighted by Crippen LogP contribution is 2.00. The fraction of sp³-hybridized carbons (Fsp3) is 0.889. The third kappa shape index (κ3) is 24.5. The Hall–Kier alpha value is -0.280. The molecule has 2 N–H and O–H groups in total. The Morgan fingerprint density at radius 2 is 1.69 bits per heavy atom. The van der Waals surface area contributed by atoms with E-state index >= 15 is 0 Å². The molecule has 0 fully saturated rings. The zero-order valence-corrected chi connectivity index (χ0v) is 8.89. The van der Waals surface area contributed by atoms with Crippen LogP contribution in [0.5, 0.6) is 0 Å². The van der Waals surface area contributed by atoms with E-state index in [4.69, 9.17) is 21.8 Å². The van der Waals surface area contributed by atoms with Gasteiger partial charge in [-0.3, -0.25) is 4.79 Å². The van der Waals surface area contributed by atoms with Crippen LogP contribution in [0.4, 0.5) is 0 Å². The summed E-state index contributed by atoms with van der Waals surface area (Å²) in [5.74, 6) is -1.29. The summed E-state index contributed by atoms with van der Waals surface area (Å²) in [5, 5.41) is 16.0. The number of carboxylic acids is 1. The van der Waals surface area contributed by atoms with Gasteiger partial charge in [0.2, 0.25) is 0 Å². The minimum absolute atomic E-state index is 0.306. The Labute approximate surface area is 84.7 Å². The molecule has 0 spiro atoms. The summed E-state index contributed by atoms with van der Waals surface area (Å²) in [6, 6.07) is 0. The molecule has 0 aliphatic rings. The van der Waals surface area contributed by atoms with Gasteiger partial charge in [-0.05, 0) is 6.42 Å². The topological polar surface area (TPSA) is 57.5 Å². The Morgan fingerprint density at radius 3 is 2.00 bits per heavy atom. The molecule has 0 aliphatic carbocycles. The van der Waals surface area contributed by atoms with Gasteiger partial charge in [0.05, 0.1) is 0 Å². The van der Waals surface area contributed by atoms with Crippen LogP contribution >= 0.6 is 11.6 Å². The lowest BCUT2D eigenvalue weighted by molar-refractivity contribution is -0.134. The van der Waals surface area contributed by atoms with Gasteiger partial charge in [-0.15, -0.1) is 11.6 Å². The number of aliphatic hydroxyl groups excluding tert-OH is 1. The summed E-state index contributed by atoms with van der Waals surface area (Å²) in [5.41, 5.74) is 0. The van der Waals surface area contributed by atoms with Crippen LogP contribution in [0.3, 0.4) is 0 Å². The molecule has 0 atom stereocenters. The fourth-order valence-electron chi connectivity index (χ4n) is 0.715. The molecule has 0 aromatic heterocycles. The Bertz CT molecular complexity index is 101. The van der Waals surface area contributed by atoms with Gasteiger partial charge in [0.15, 0.2) is 0 Å². The van der Waals surface area contributed by atoms with Crippen LogP contribution in [-0.2, 0) is 4.79 Å². The average Bonchev–Trinajstić information content (AvgIpc) is 2.14. The van der Waals surface area contributed by atoms with Crippen LogP contribution < -0.4 is 0 Å². The number of rotatable bonds is 6. The van der Waals surface area contributed by atoms with Gasteiger partial charge in [-0.2, -0.15) is 0 Å². The van der Waals surface area contributed by atoms with E-state index in [0.29, 0.717) is 6.61 Å². The van der Waals surface area contributed by atoms with Crippen molar-refractivity contribution in [2.75, 3.05) is 12.5 Å². The molecule has 0 aromatic rings. The highest BCUT2D eigenvalue weighted by Gasteiger charge is 1.84. The molecule has 0 saturated heterocycles. The lowest BCUT2D eigenvalue weighted by Gasteiger charge is -1.93. The number of carboxylic acid groups (broad SMARTS) is 1. The van der Waals surface area contributed by atoms with Crippen LogP contribution in [0.1, 0.15) is 39.0 Å². The summed E-state index contributed by atoms with van der Waals surface area (Å²) >= 11 is 4.74. The summed E-state index contributed by atoms with van der Waals surface area (Å²) in [6.45, 7) is 2.56. The van der Waals surface area contributed by atoms with Crippen molar-refractivity contribution in [2.45, 2.75) is 39.0 Å². The first-order chi connectivity index (χ1) is 6.18. The second kappa shape index (κ2) is 14.3. The van der Waals surface area contributed by atoms with Crippen molar-refractivity contribution in [3.8, 4) is 0 Å². The predicted octanol–water partition coefficient (Wildman–Crippen LogP) is 2.26. The highest BCUT2D eigenvalue weighted by atomic mass is 35.5. The molecule has 0 bridgehead atoms. The smallest absolute Gasteiger partial charge is 0.318 e. The number of carbonyl (C=O) groups is 1. The van der Waals surface area contributed by atoms with E-state index in [-0.39, 0.29) is 5.88 Å². The molecule has 0 unspecified atom stereocenters. The van der Waals surface area contributed by atoms with Crippen molar-refractivity contribution >= 4 is 17.6 Å². The average molecular weight is 211 g/mol. The second-order valence-corrected chi connectivity index (χ2v) is 2.93. The zero-order chi connectivity index (χ0) is 10.5. The van der Waals surface area contributed by atoms with Crippen LogP contribution in [0.25, 0.3) is 0 Å². The molecule has 0 aliphatic heterocycles. The van der Waals surface area contributed by atoms with E-state index in [0.717, 1.165) is 6.42 Å². The number of aliphatic hydroxyl groups is 1. The third-order valence-electron chi connectivity index (χ3n) is 1.38. The van der Waals surface area contributed by atoms with Crippen molar-refractivity contribution in [3.05, 3.63) is 0 Å². The Kier molecular flexibility index (Phi) is 16.7. The Morgan fingerprint density at radius 1 is 1.23 bits per heavy atom. The summed E-state index contributed by atoms with van der Waals surface area (Å²) < 4.78 is 0. The quantitative estimate of drug-likeness (QED) is 0.522. The largest absolute Gasteiger partial charge is 0.480 e. The number of aliphatic carboxylic acids is 1. The molecule has 0 saturated carbocycles. The molecule has 0 heterocycles. The van der Waals surface area contributed by atoms with Gasteiger partial charge in [0.25, 0.3) is 0 Å². The molecule has 0 radical (unpaired) electrons. The van der Waals surface area contributed by atoms with Gasteiger partial charge in [0.1, 0.15) is 5.88 Å². The lowest BCUT2D eigenvalue weighted by atomic mass is 10.2. The first-order valence-electron chi connectivity index (χ1n) is 4.57. The van der Waals surface area contributed by atoms with Gasteiger partial charge < -0.3 is 10.2 Å². The van der Waals surface area contributed by atoms with E-state index in [2.05, 4.69) is 6.92 Å². The molecule has 0 rings (SSSR count). The van der Waals surface area contributed by atoms with Crippen molar-refractivity contribution in [1.29, 1.82) is 0 Å².